The summed E-state index contributed by atoms with van der Waals surface area (Å²) in [5.74, 6) is -2.65. The first kappa shape index (κ1) is 26.9. The number of carboxylic acids is 2. The van der Waals surface area contributed by atoms with E-state index < -0.39 is 24.3 Å². The molecule has 0 spiro atoms. The Morgan fingerprint density at radius 1 is 0.973 bits per heavy atom. The first-order valence-corrected chi connectivity index (χ1v) is 11.5. The predicted octanol–water partition coefficient (Wildman–Crippen LogP) is 5.89. The molecule has 0 aromatic heterocycles. The lowest BCUT2D eigenvalue weighted by atomic mass is 10.0. The number of anilines is 2. The Morgan fingerprint density at radius 2 is 1.65 bits per heavy atom. The summed E-state index contributed by atoms with van der Waals surface area (Å²) in [6.07, 6.45) is 7.21. The van der Waals surface area contributed by atoms with Crippen molar-refractivity contribution in [3.8, 4) is 0 Å². The molecule has 4 rings (SSSR count). The predicted molar refractivity (Wildman–Crippen MR) is 146 cm³/mol. The van der Waals surface area contributed by atoms with E-state index in [1.54, 1.807) is 54.7 Å². The highest BCUT2D eigenvalue weighted by molar-refractivity contribution is 6.30. The number of aliphatic imine (C=N–C) groups is 1. The first-order valence-electron chi connectivity index (χ1n) is 11.1. The van der Waals surface area contributed by atoms with Crippen molar-refractivity contribution in [1.82, 2.24) is 0 Å². The van der Waals surface area contributed by atoms with E-state index in [4.69, 9.17) is 21.8 Å². The number of rotatable bonds is 6. The minimum atomic E-state index is -1.16. The third-order valence-electron chi connectivity index (χ3n) is 5.10. The molecule has 0 fully saturated rings. The van der Waals surface area contributed by atoms with Crippen LogP contribution in [0.1, 0.15) is 22.3 Å². The molecule has 1 heterocycles. The molecule has 0 bridgehead atoms. The minimum absolute atomic E-state index is 0.259. The minimum Gasteiger partial charge on any atom is -0.481 e. The lowest BCUT2D eigenvalue weighted by Gasteiger charge is -2.23. The van der Waals surface area contributed by atoms with E-state index in [9.17, 15) is 14.4 Å². The van der Waals surface area contributed by atoms with E-state index >= 15 is 0 Å². The number of hydrogen-bond donors (Lipinski definition) is 3. The monoisotopic (exact) mass is 517 g/mol. The van der Waals surface area contributed by atoms with Crippen LogP contribution in [0.5, 0.6) is 0 Å². The summed E-state index contributed by atoms with van der Waals surface area (Å²) in [6.45, 7) is 0. The number of carbonyl (C=O) groups excluding carboxylic acids is 1. The van der Waals surface area contributed by atoms with Gasteiger partial charge in [0.15, 0.2) is 0 Å². The van der Waals surface area contributed by atoms with Crippen molar-refractivity contribution in [2.45, 2.75) is 6.42 Å². The maximum absolute atomic E-state index is 11.0. The Labute approximate surface area is 218 Å². The molecule has 0 atom stereocenters. The fourth-order valence-electron chi connectivity index (χ4n) is 3.30. The molecule has 3 N–H and O–H groups in total. The molecular weight excluding hydrogens is 494 g/mol. The van der Waals surface area contributed by atoms with E-state index in [1.165, 1.54) is 0 Å². The molecule has 8 nitrogen and oxygen atoms in total. The van der Waals surface area contributed by atoms with E-state index in [2.05, 4.69) is 27.3 Å². The fourth-order valence-corrected chi connectivity index (χ4v) is 3.43. The van der Waals surface area contributed by atoms with Gasteiger partial charge in [0.1, 0.15) is 6.42 Å². The number of nitrogens with zero attached hydrogens (tertiary/aromatic N) is 2. The summed E-state index contributed by atoms with van der Waals surface area (Å²) in [5.41, 5.74) is 4.91. The Balaban J connectivity index is 0.000000233. The number of carbonyl (C=O) groups is 3. The number of aliphatic carboxylic acids is 1. The number of nitrogens with one attached hydrogen (secondary N) is 1. The zero-order chi connectivity index (χ0) is 26.8. The molecule has 37 heavy (non-hydrogen) atoms. The van der Waals surface area contributed by atoms with Gasteiger partial charge in [0.05, 0.1) is 11.3 Å². The number of carboxylic acid groups (broad SMARTS) is 2. The lowest BCUT2D eigenvalue weighted by molar-refractivity contribution is -0.139. The van der Waals surface area contributed by atoms with Crippen LogP contribution < -0.4 is 10.2 Å². The van der Waals surface area contributed by atoms with Crippen LogP contribution in [0.3, 0.4) is 0 Å². The third-order valence-corrected chi connectivity index (χ3v) is 5.36. The van der Waals surface area contributed by atoms with Gasteiger partial charge in [-0.3, -0.25) is 14.6 Å². The third kappa shape index (κ3) is 8.19. The van der Waals surface area contributed by atoms with Gasteiger partial charge in [0.25, 0.3) is 0 Å². The molecule has 0 saturated carbocycles. The number of allylic oxidation sites excluding steroid dienone is 3. The molecule has 0 saturated heterocycles. The Bertz CT molecular complexity index is 1360. The molecule has 0 radical (unpaired) electrons. The Hall–Kier alpha value is -4.69. The molecule has 1 aliphatic heterocycles. The van der Waals surface area contributed by atoms with Crippen LogP contribution in [0.15, 0.2) is 96.1 Å². The number of amides is 1. The second kappa shape index (κ2) is 12.9. The number of para-hydroxylation sites is 1. The highest BCUT2D eigenvalue weighted by Crippen LogP contribution is 2.31. The molecule has 3 aromatic rings. The summed E-state index contributed by atoms with van der Waals surface area (Å²) in [7, 11) is 2.02. The van der Waals surface area contributed by atoms with E-state index in [1.807, 2.05) is 37.5 Å². The van der Waals surface area contributed by atoms with Crippen molar-refractivity contribution in [3.63, 3.8) is 0 Å². The highest BCUT2D eigenvalue weighted by Gasteiger charge is 2.11. The van der Waals surface area contributed by atoms with Crippen LogP contribution in [0.25, 0.3) is 5.57 Å². The fraction of sp³-hybridized carbons (Fsp3) is 0.0714. The lowest BCUT2D eigenvalue weighted by Crippen LogP contribution is -2.15. The molecule has 0 unspecified atom stereocenters. The summed E-state index contributed by atoms with van der Waals surface area (Å²) in [6, 6.07) is 21.1. The second-order valence-electron chi connectivity index (χ2n) is 7.82. The van der Waals surface area contributed by atoms with Crippen LogP contribution in [-0.4, -0.2) is 41.3 Å². The topological polar surface area (TPSA) is 119 Å². The maximum atomic E-state index is 11.0. The van der Waals surface area contributed by atoms with Crippen molar-refractivity contribution < 1.29 is 24.6 Å². The summed E-state index contributed by atoms with van der Waals surface area (Å²) in [4.78, 5) is 38.4. The second-order valence-corrected chi connectivity index (χ2v) is 8.26. The van der Waals surface area contributed by atoms with E-state index in [-0.39, 0.29) is 5.56 Å². The number of benzene rings is 3. The van der Waals surface area contributed by atoms with Gasteiger partial charge < -0.3 is 20.4 Å². The first-order chi connectivity index (χ1) is 17.7. The molecular formula is C28H24ClN3O5. The standard InChI is InChI=1S/C19H16N2O2.C9H8ClNO3/c1-21-13-11-14(17-4-2-3-5-18(17)21)10-12-20-16-8-6-15(7-9-16)19(22)23;10-6-1-3-7(4-2-6)11-8(12)5-9(13)14/h2-13H,1H3,(H,22,23);1-4H,5H2,(H,11,12)(H,13,14)/b14-10-,20-12?;. The summed E-state index contributed by atoms with van der Waals surface area (Å²) >= 11 is 5.63. The van der Waals surface area contributed by atoms with Crippen molar-refractivity contribution >= 4 is 58.3 Å². The Morgan fingerprint density at radius 3 is 2.30 bits per heavy atom. The number of halogens is 1. The summed E-state index contributed by atoms with van der Waals surface area (Å²) < 4.78 is 0. The highest BCUT2D eigenvalue weighted by atomic mass is 35.5. The largest absolute Gasteiger partial charge is 0.481 e. The molecule has 1 aliphatic rings. The zero-order valence-corrected chi connectivity index (χ0v) is 20.6. The zero-order valence-electron chi connectivity index (χ0n) is 19.8. The van der Waals surface area contributed by atoms with Crippen LogP contribution in [0, 0.1) is 0 Å². The van der Waals surface area contributed by atoms with Gasteiger partial charge in [-0.1, -0.05) is 29.8 Å². The van der Waals surface area contributed by atoms with Crippen LogP contribution in [-0.2, 0) is 9.59 Å². The van der Waals surface area contributed by atoms with Gasteiger partial charge in [-0.2, -0.15) is 0 Å². The van der Waals surface area contributed by atoms with Gasteiger partial charge in [-0.15, -0.1) is 0 Å². The quantitative estimate of drug-likeness (QED) is 0.277. The van der Waals surface area contributed by atoms with Crippen molar-refractivity contribution in [2.24, 2.45) is 4.99 Å². The van der Waals surface area contributed by atoms with Gasteiger partial charge in [-0.05, 0) is 72.3 Å². The van der Waals surface area contributed by atoms with Gasteiger partial charge >= 0.3 is 11.9 Å². The molecule has 188 valence electrons. The smallest absolute Gasteiger partial charge is 0.335 e. The molecule has 3 aromatic carbocycles. The van der Waals surface area contributed by atoms with E-state index in [0.717, 1.165) is 22.5 Å². The van der Waals surface area contributed by atoms with Crippen LogP contribution in [0.4, 0.5) is 17.1 Å². The van der Waals surface area contributed by atoms with Gasteiger partial charge in [0.2, 0.25) is 5.91 Å². The van der Waals surface area contributed by atoms with E-state index in [0.29, 0.717) is 10.7 Å². The maximum Gasteiger partial charge on any atom is 0.335 e. The number of fused-ring (bicyclic) bond motifs is 1. The van der Waals surface area contributed by atoms with Crippen molar-refractivity contribution in [1.29, 1.82) is 0 Å². The average molecular weight is 518 g/mol. The molecule has 9 heteroatoms. The SMILES string of the molecule is CN1C=C/C(=C/C=Nc2ccc(C(=O)O)cc2)c2ccccc21.O=C(O)CC(=O)Nc1ccc(Cl)cc1. The van der Waals surface area contributed by atoms with Crippen molar-refractivity contribution in [3.05, 3.63) is 107 Å². The van der Waals surface area contributed by atoms with Gasteiger partial charge in [0, 0.05) is 41.4 Å². The van der Waals surface area contributed by atoms with Crippen molar-refractivity contribution in [2.75, 3.05) is 17.3 Å². The average Bonchev–Trinajstić information content (AvgIpc) is 2.87. The molecule has 0 aliphatic carbocycles. The number of hydrogen-bond acceptors (Lipinski definition) is 5. The Kier molecular flexibility index (Phi) is 9.35. The van der Waals surface area contributed by atoms with Gasteiger partial charge in [-0.25, -0.2) is 4.79 Å². The summed E-state index contributed by atoms with van der Waals surface area (Å²) in [5, 5.41) is 20.2. The molecule has 1 amide bonds. The normalized spacial score (nSPS) is 13.0. The number of aromatic carboxylic acids is 1. The van der Waals surface area contributed by atoms with Crippen LogP contribution >= 0.6 is 11.6 Å². The van der Waals surface area contributed by atoms with Crippen LogP contribution in [0.2, 0.25) is 5.02 Å².